The maximum absolute atomic E-state index is 4.12. The zero-order valence-corrected chi connectivity index (χ0v) is 8.43. The Kier molecular flexibility index (Phi) is 3.15. The van der Waals surface area contributed by atoms with Gasteiger partial charge in [0, 0.05) is 24.3 Å². The largest absolute Gasteiger partial charge is 0.371 e. The summed E-state index contributed by atoms with van der Waals surface area (Å²) < 4.78 is 0. The zero-order valence-electron chi connectivity index (χ0n) is 8.43. The van der Waals surface area contributed by atoms with Crippen LogP contribution in [0.5, 0.6) is 0 Å². The average molecular weight is 168 g/mol. The molecule has 0 aromatic heterocycles. The lowest BCUT2D eigenvalue weighted by Crippen LogP contribution is -2.36. The minimum absolute atomic E-state index is 0.408. The fraction of sp³-hybridized carbons (Fsp3) is 0.800. The van der Waals surface area contributed by atoms with Crippen molar-refractivity contribution in [2.75, 3.05) is 13.6 Å². The Bertz CT molecular complexity index is 165. The molecule has 0 aromatic rings. The molecule has 0 aromatic carbocycles. The van der Waals surface area contributed by atoms with Crippen LogP contribution in [-0.4, -0.2) is 30.6 Å². The molecule has 70 valence electrons. The van der Waals surface area contributed by atoms with Gasteiger partial charge in [-0.15, -0.1) is 0 Å². The number of rotatable bonds is 3. The lowest BCUT2D eigenvalue weighted by molar-refractivity contribution is 0.314. The molecular formula is C10H20N2. The maximum Gasteiger partial charge on any atom is 0.0434 e. The number of likely N-dealkylation sites (N-methyl/N-ethyl adjacent to an activating group) is 1. The van der Waals surface area contributed by atoms with E-state index in [0.717, 1.165) is 0 Å². The van der Waals surface area contributed by atoms with Crippen LogP contribution >= 0.6 is 0 Å². The third kappa shape index (κ3) is 1.81. The van der Waals surface area contributed by atoms with Crippen LogP contribution in [0.25, 0.3) is 0 Å². The first-order chi connectivity index (χ1) is 5.66. The molecule has 2 unspecified atom stereocenters. The van der Waals surface area contributed by atoms with E-state index in [0.29, 0.717) is 12.1 Å². The van der Waals surface area contributed by atoms with Crippen LogP contribution in [-0.2, 0) is 0 Å². The van der Waals surface area contributed by atoms with Crippen molar-refractivity contribution >= 4 is 0 Å². The first kappa shape index (κ1) is 9.59. The molecule has 2 nitrogen and oxygen atoms in total. The summed E-state index contributed by atoms with van der Waals surface area (Å²) in [6.07, 6.45) is 2.63. The van der Waals surface area contributed by atoms with Gasteiger partial charge in [0.25, 0.3) is 0 Å². The second-order valence-electron chi connectivity index (χ2n) is 3.69. The van der Waals surface area contributed by atoms with Gasteiger partial charge in [0.15, 0.2) is 0 Å². The van der Waals surface area contributed by atoms with Crippen molar-refractivity contribution in [3.8, 4) is 0 Å². The molecular weight excluding hydrogens is 148 g/mol. The minimum atomic E-state index is 0.408. The van der Waals surface area contributed by atoms with Gasteiger partial charge in [-0.05, 0) is 33.7 Å². The summed E-state index contributed by atoms with van der Waals surface area (Å²) in [5.41, 5.74) is 1.24. The van der Waals surface area contributed by atoms with Crippen molar-refractivity contribution in [3.63, 3.8) is 0 Å². The minimum Gasteiger partial charge on any atom is -0.371 e. The number of nitrogens with one attached hydrogen (secondary N) is 1. The van der Waals surface area contributed by atoms with E-state index in [-0.39, 0.29) is 0 Å². The normalized spacial score (nSPS) is 25.9. The van der Waals surface area contributed by atoms with Crippen molar-refractivity contribution in [1.29, 1.82) is 0 Å². The molecule has 1 N–H and O–H groups in total. The van der Waals surface area contributed by atoms with E-state index >= 15 is 0 Å². The summed E-state index contributed by atoms with van der Waals surface area (Å²) in [6, 6.07) is 1.10. The van der Waals surface area contributed by atoms with E-state index in [1.165, 1.54) is 25.1 Å². The third-order valence-corrected chi connectivity index (χ3v) is 2.85. The van der Waals surface area contributed by atoms with E-state index in [1.54, 1.807) is 0 Å². The molecule has 0 aliphatic carbocycles. The van der Waals surface area contributed by atoms with E-state index < -0.39 is 0 Å². The number of hydrogen-bond donors (Lipinski definition) is 1. The highest BCUT2D eigenvalue weighted by molar-refractivity contribution is 5.05. The summed E-state index contributed by atoms with van der Waals surface area (Å²) in [5.74, 6) is 0. The molecule has 1 fully saturated rings. The van der Waals surface area contributed by atoms with Crippen molar-refractivity contribution in [2.24, 2.45) is 0 Å². The van der Waals surface area contributed by atoms with Crippen LogP contribution in [0.3, 0.4) is 0 Å². The summed E-state index contributed by atoms with van der Waals surface area (Å²) in [5, 5.41) is 3.22. The van der Waals surface area contributed by atoms with E-state index in [1.807, 2.05) is 7.05 Å². The molecule has 0 radical (unpaired) electrons. The van der Waals surface area contributed by atoms with E-state index in [4.69, 9.17) is 0 Å². The summed E-state index contributed by atoms with van der Waals surface area (Å²) in [4.78, 5) is 2.42. The predicted octanol–water partition coefficient (Wildman–Crippen LogP) is 1.59. The Morgan fingerprint density at radius 2 is 2.33 bits per heavy atom. The predicted molar refractivity (Wildman–Crippen MR) is 53.1 cm³/mol. The quantitative estimate of drug-likeness (QED) is 0.688. The fourth-order valence-electron chi connectivity index (χ4n) is 1.78. The van der Waals surface area contributed by atoms with Gasteiger partial charge in [-0.2, -0.15) is 0 Å². The molecule has 2 atom stereocenters. The molecule has 1 aliphatic heterocycles. The van der Waals surface area contributed by atoms with Crippen molar-refractivity contribution in [1.82, 2.24) is 10.2 Å². The molecule has 12 heavy (non-hydrogen) atoms. The van der Waals surface area contributed by atoms with Crippen molar-refractivity contribution in [2.45, 2.75) is 38.8 Å². The SMILES string of the molecule is C=C(C(C)NC)N1CCCC1C. The summed E-state index contributed by atoms with van der Waals surface area (Å²) in [6.45, 7) is 9.75. The molecule has 1 rings (SSSR count). The van der Waals surface area contributed by atoms with Gasteiger partial charge in [-0.3, -0.25) is 0 Å². The highest BCUT2D eigenvalue weighted by atomic mass is 15.2. The Labute approximate surface area is 75.6 Å². The van der Waals surface area contributed by atoms with E-state index in [9.17, 15) is 0 Å². The molecule has 0 bridgehead atoms. The Morgan fingerprint density at radius 1 is 1.67 bits per heavy atom. The number of hydrogen-bond acceptors (Lipinski definition) is 2. The Hall–Kier alpha value is -0.500. The van der Waals surface area contributed by atoms with Gasteiger partial charge >= 0.3 is 0 Å². The maximum atomic E-state index is 4.12. The van der Waals surface area contributed by atoms with E-state index in [2.05, 4.69) is 30.6 Å². The molecule has 1 saturated heterocycles. The lowest BCUT2D eigenvalue weighted by atomic mass is 10.2. The van der Waals surface area contributed by atoms with Gasteiger partial charge in [0.2, 0.25) is 0 Å². The Morgan fingerprint density at radius 3 is 2.75 bits per heavy atom. The topological polar surface area (TPSA) is 15.3 Å². The summed E-state index contributed by atoms with van der Waals surface area (Å²) >= 11 is 0. The Balaban J connectivity index is 2.51. The number of nitrogens with zero attached hydrogens (tertiary/aromatic N) is 1. The molecule has 0 amide bonds. The van der Waals surface area contributed by atoms with Crippen LogP contribution in [0.15, 0.2) is 12.3 Å². The van der Waals surface area contributed by atoms with Crippen LogP contribution in [0.2, 0.25) is 0 Å². The average Bonchev–Trinajstić information content (AvgIpc) is 2.48. The zero-order chi connectivity index (χ0) is 9.14. The van der Waals surface area contributed by atoms with Crippen LogP contribution < -0.4 is 5.32 Å². The molecule has 0 spiro atoms. The lowest BCUT2D eigenvalue weighted by Gasteiger charge is -2.29. The number of likely N-dealkylation sites (tertiary alicyclic amines) is 1. The standard InChI is InChI=1S/C10H20N2/c1-8-6-5-7-12(8)10(3)9(2)11-4/h8-9,11H,3,5-7H2,1-2,4H3. The highest BCUT2D eigenvalue weighted by Crippen LogP contribution is 2.22. The van der Waals surface area contributed by atoms with Gasteiger partial charge < -0.3 is 10.2 Å². The highest BCUT2D eigenvalue weighted by Gasteiger charge is 2.23. The van der Waals surface area contributed by atoms with Gasteiger partial charge in [-0.25, -0.2) is 0 Å². The second-order valence-corrected chi connectivity index (χ2v) is 3.69. The molecule has 2 heteroatoms. The van der Waals surface area contributed by atoms with Crippen molar-refractivity contribution in [3.05, 3.63) is 12.3 Å². The third-order valence-electron chi connectivity index (χ3n) is 2.85. The molecule has 1 aliphatic rings. The first-order valence-corrected chi connectivity index (χ1v) is 4.79. The van der Waals surface area contributed by atoms with Gasteiger partial charge in [-0.1, -0.05) is 6.58 Å². The molecule has 0 saturated carbocycles. The van der Waals surface area contributed by atoms with Gasteiger partial charge in [0.05, 0.1) is 0 Å². The second kappa shape index (κ2) is 3.94. The summed E-state index contributed by atoms with van der Waals surface area (Å²) in [7, 11) is 1.98. The first-order valence-electron chi connectivity index (χ1n) is 4.79. The van der Waals surface area contributed by atoms with Crippen LogP contribution in [0.4, 0.5) is 0 Å². The van der Waals surface area contributed by atoms with Crippen LogP contribution in [0.1, 0.15) is 26.7 Å². The van der Waals surface area contributed by atoms with Gasteiger partial charge in [0.1, 0.15) is 0 Å². The van der Waals surface area contributed by atoms with Crippen LogP contribution in [0, 0.1) is 0 Å². The molecule has 1 heterocycles. The monoisotopic (exact) mass is 168 g/mol. The smallest absolute Gasteiger partial charge is 0.0434 e. The fourth-order valence-corrected chi connectivity index (χ4v) is 1.78. The van der Waals surface area contributed by atoms with Crippen molar-refractivity contribution < 1.29 is 0 Å².